The summed E-state index contributed by atoms with van der Waals surface area (Å²) in [7, 11) is 6.55. The number of likely N-dealkylation sites (N-methyl/N-ethyl adjacent to an activating group) is 1. The van der Waals surface area contributed by atoms with Gasteiger partial charge in [-0.05, 0) is 77.9 Å². The predicted octanol–water partition coefficient (Wildman–Crippen LogP) is 4.09. The first-order valence-electron chi connectivity index (χ1n) is 24.8. The summed E-state index contributed by atoms with van der Waals surface area (Å²) >= 11 is 0. The van der Waals surface area contributed by atoms with E-state index < -0.39 is 107 Å². The molecule has 2 aliphatic rings. The Labute approximate surface area is 422 Å². The Morgan fingerprint density at radius 2 is 1.62 bits per heavy atom. The largest absolute Gasteiger partial charge is 0.490 e. The molecule has 0 spiro atoms. The van der Waals surface area contributed by atoms with Crippen LogP contribution in [0.15, 0.2) is 53.5 Å². The topological polar surface area (TPSA) is 251 Å². The molecule has 0 aliphatic carbocycles. The number of methoxy groups -OCH3 is 2. The highest BCUT2D eigenvalue weighted by Crippen LogP contribution is 2.40. The summed E-state index contributed by atoms with van der Waals surface area (Å²) in [5.74, 6) is -6.70. The zero-order valence-corrected chi connectivity index (χ0v) is 43.8. The van der Waals surface area contributed by atoms with E-state index in [1.165, 1.54) is 34.3 Å². The average molecular weight is 1010 g/mol. The smallest absolute Gasteiger partial charge is 0.341 e. The lowest BCUT2D eigenvalue weighted by Gasteiger charge is -2.48. The highest BCUT2D eigenvalue weighted by molar-refractivity contribution is 5.94. The number of esters is 2. The molecule has 1 aromatic heterocycles. The molecule has 72 heavy (non-hydrogen) atoms. The van der Waals surface area contributed by atoms with Crippen LogP contribution >= 0.6 is 0 Å². The average Bonchev–Trinajstić information content (AvgIpc) is 3.35. The zero-order chi connectivity index (χ0) is 53.4. The van der Waals surface area contributed by atoms with Crippen molar-refractivity contribution in [1.82, 2.24) is 14.8 Å². The molecule has 19 nitrogen and oxygen atoms in total. The van der Waals surface area contributed by atoms with E-state index >= 15 is 0 Å². The van der Waals surface area contributed by atoms with E-state index in [1.807, 2.05) is 38.1 Å². The van der Waals surface area contributed by atoms with Crippen LogP contribution in [0.4, 0.5) is 0 Å². The van der Waals surface area contributed by atoms with E-state index in [0.29, 0.717) is 42.9 Å². The second-order valence-corrected chi connectivity index (χ2v) is 20.0. The number of nitrogens with zero attached hydrogens (tertiary/aromatic N) is 2. The van der Waals surface area contributed by atoms with Gasteiger partial charge in [-0.15, -0.1) is 0 Å². The standard InChI is InChI=1S/C53H77N3O16/c1-13-39-53(8,65)47(61)30(4)43(58)29(3)26-52(7,67-12)48(72-51-45(60)37(55(9)10)25-41(66-11)71-51)31(5)46(32(6)50(64)69-39)70-40(57)24-33-18-20-34(21-19-33)27-54-22-23-68-38-17-15-16-35-42(38)56(14-2)28-36(44(35)59)49(62)63/h15-21,28-32,37,39,41,45-48,51,54,60-61,65H,13-14,22-27H2,1-12H3,(H,62,63)/t29-,30+,31+,32-,37+,39-,41+,45-,46+,47-,48-,51?,52-,53-/m1/s1. The second kappa shape index (κ2) is 24.9. The minimum Gasteiger partial charge on any atom is -0.490 e. The molecule has 0 saturated carbocycles. The van der Waals surface area contributed by atoms with Crippen LogP contribution in [0.5, 0.6) is 5.75 Å². The molecular weight excluding hydrogens is 935 g/mol. The number of rotatable bonds is 17. The summed E-state index contributed by atoms with van der Waals surface area (Å²) in [6.45, 7) is 14.6. The maximum Gasteiger partial charge on any atom is 0.341 e. The van der Waals surface area contributed by atoms with E-state index in [0.717, 1.165) is 5.56 Å². The molecule has 5 N–H and O–H groups in total. The van der Waals surface area contributed by atoms with Crippen LogP contribution in [0.1, 0.15) is 96.1 Å². The minimum absolute atomic E-state index is 0.0124. The van der Waals surface area contributed by atoms with E-state index in [1.54, 1.807) is 69.5 Å². The maximum atomic E-state index is 14.3. The molecule has 1 unspecified atom stereocenters. The third-order valence-electron chi connectivity index (χ3n) is 14.7. The predicted molar refractivity (Wildman–Crippen MR) is 265 cm³/mol. The molecule has 400 valence electrons. The number of aromatic carboxylic acids is 1. The van der Waals surface area contributed by atoms with Crippen molar-refractivity contribution in [2.24, 2.45) is 23.7 Å². The lowest BCUT2D eigenvalue weighted by molar-refractivity contribution is -0.336. The summed E-state index contributed by atoms with van der Waals surface area (Å²) < 4.78 is 44.8. The quantitative estimate of drug-likeness (QED) is 0.0943. The van der Waals surface area contributed by atoms with Crippen LogP contribution in [-0.2, 0) is 62.3 Å². The molecule has 2 aliphatic heterocycles. The molecule has 2 fully saturated rings. The third kappa shape index (κ3) is 13.1. The van der Waals surface area contributed by atoms with Crippen LogP contribution in [0.25, 0.3) is 10.9 Å². The molecule has 3 aromatic rings. The number of pyridine rings is 1. The molecule has 2 saturated heterocycles. The first-order valence-corrected chi connectivity index (χ1v) is 24.8. The van der Waals surface area contributed by atoms with Crippen molar-refractivity contribution in [2.75, 3.05) is 41.5 Å². The van der Waals surface area contributed by atoms with E-state index in [4.69, 9.17) is 33.2 Å². The Bertz CT molecular complexity index is 2390. The SMILES string of the molecule is CC[C@H]1OC(=O)[C@H](C)[C@@H](OC(=O)Cc2ccc(CNCCOc3cccc4c(=O)c(C(=O)O)cn(CC)c34)cc2)[C@H](C)[C@@H](OC2O[C@H](OC)C[C@H](N(C)C)[C@H]2O)[C@](C)(OC)C[C@@H](C)C(=O)[C@H](C)[C@@H](O)[C@]1(C)O. The number of carboxylic acids is 1. The number of aliphatic hydroxyl groups excluding tert-OH is 2. The van der Waals surface area contributed by atoms with Crippen LogP contribution in [0, 0.1) is 23.7 Å². The van der Waals surface area contributed by atoms with Crippen LogP contribution in [0.3, 0.4) is 0 Å². The number of Topliss-reactive ketones (excluding diaryl/α,β-unsaturated/α-hetero) is 1. The molecule has 0 bridgehead atoms. The summed E-state index contributed by atoms with van der Waals surface area (Å²) in [6, 6.07) is 11.8. The van der Waals surface area contributed by atoms with Crippen molar-refractivity contribution >= 4 is 34.6 Å². The fraction of sp³-hybridized carbons (Fsp3) is 0.642. The van der Waals surface area contributed by atoms with Crippen LogP contribution in [0.2, 0.25) is 0 Å². The summed E-state index contributed by atoms with van der Waals surface area (Å²) in [6.07, 6.45) is -6.98. The summed E-state index contributed by atoms with van der Waals surface area (Å²) in [5, 5.41) is 48.1. The normalized spacial score (nSPS) is 32.0. The van der Waals surface area contributed by atoms with Gasteiger partial charge in [0.15, 0.2) is 12.6 Å². The van der Waals surface area contributed by atoms with E-state index in [9.17, 15) is 44.4 Å². The minimum atomic E-state index is -2.04. The number of carbonyl (C=O) groups excluding carboxylic acids is 3. The van der Waals surface area contributed by atoms with Gasteiger partial charge in [-0.3, -0.25) is 19.2 Å². The highest BCUT2D eigenvalue weighted by Gasteiger charge is 2.53. The number of fused-ring (bicyclic) bond motifs is 1. The Balaban J connectivity index is 1.37. The number of aromatic nitrogens is 1. The van der Waals surface area contributed by atoms with Gasteiger partial charge in [0.1, 0.15) is 47.6 Å². The summed E-state index contributed by atoms with van der Waals surface area (Å²) in [5.41, 5.74) is -2.28. The van der Waals surface area contributed by atoms with E-state index in [-0.39, 0.29) is 42.6 Å². The van der Waals surface area contributed by atoms with Gasteiger partial charge in [-0.2, -0.15) is 0 Å². The number of hydrogen-bond acceptors (Lipinski definition) is 17. The van der Waals surface area contributed by atoms with Gasteiger partial charge in [0.2, 0.25) is 5.43 Å². The van der Waals surface area contributed by atoms with E-state index in [2.05, 4.69) is 5.32 Å². The van der Waals surface area contributed by atoms with Crippen molar-refractivity contribution in [1.29, 1.82) is 0 Å². The number of benzene rings is 2. The van der Waals surface area contributed by atoms with Crippen LogP contribution < -0.4 is 15.5 Å². The first kappa shape index (κ1) is 58.1. The van der Waals surface area contributed by atoms with Gasteiger partial charge in [0.05, 0.1) is 41.1 Å². The van der Waals surface area contributed by atoms with Crippen molar-refractivity contribution in [3.63, 3.8) is 0 Å². The van der Waals surface area contributed by atoms with Gasteiger partial charge in [0, 0.05) is 70.3 Å². The Kier molecular flexibility index (Phi) is 20.1. The second-order valence-electron chi connectivity index (χ2n) is 20.0. The van der Waals surface area contributed by atoms with Gasteiger partial charge >= 0.3 is 17.9 Å². The van der Waals surface area contributed by atoms with Gasteiger partial charge in [-0.1, -0.05) is 58.0 Å². The molecular formula is C53H77N3O16. The molecule has 2 aromatic carbocycles. The Morgan fingerprint density at radius 1 is 0.958 bits per heavy atom. The molecule has 3 heterocycles. The lowest BCUT2D eigenvalue weighted by atomic mass is 9.74. The number of carbonyl (C=O) groups is 4. The maximum absolute atomic E-state index is 14.3. The van der Waals surface area contributed by atoms with Crippen molar-refractivity contribution in [2.45, 2.75) is 155 Å². The third-order valence-corrected chi connectivity index (χ3v) is 14.7. The van der Waals surface area contributed by atoms with Crippen molar-refractivity contribution in [3.8, 4) is 5.75 Å². The number of para-hydroxylation sites is 1. The number of hydrogen-bond donors (Lipinski definition) is 5. The molecule has 14 atom stereocenters. The number of ketones is 1. The van der Waals surface area contributed by atoms with Crippen molar-refractivity contribution < 1.29 is 72.8 Å². The lowest BCUT2D eigenvalue weighted by Crippen LogP contribution is -2.61. The molecule has 5 rings (SSSR count). The summed E-state index contributed by atoms with van der Waals surface area (Å²) in [4.78, 5) is 69.0. The zero-order valence-electron chi connectivity index (χ0n) is 43.8. The van der Waals surface area contributed by atoms with Gasteiger partial charge in [-0.25, -0.2) is 4.79 Å². The van der Waals surface area contributed by atoms with Gasteiger partial charge in [0.25, 0.3) is 0 Å². The Morgan fingerprint density at radius 3 is 2.22 bits per heavy atom. The number of aliphatic hydroxyl groups is 3. The van der Waals surface area contributed by atoms with Crippen molar-refractivity contribution in [3.05, 3.63) is 75.6 Å². The number of aryl methyl sites for hydroxylation is 1. The molecule has 19 heteroatoms. The number of cyclic esters (lactones) is 1. The fourth-order valence-corrected chi connectivity index (χ4v) is 10.3. The molecule has 0 amide bonds. The number of nitrogens with one attached hydrogen (secondary N) is 1. The fourth-order valence-electron chi connectivity index (χ4n) is 10.3. The van der Waals surface area contributed by atoms with Crippen LogP contribution in [-0.4, -0.2) is 155 Å². The molecule has 0 radical (unpaired) electrons. The first-order chi connectivity index (χ1) is 33.9. The monoisotopic (exact) mass is 1010 g/mol. The van der Waals surface area contributed by atoms with Gasteiger partial charge < -0.3 is 68.4 Å². The number of ether oxygens (including phenoxy) is 7. The number of carboxylic acid groups (broad SMARTS) is 1. The Hall–Kier alpha value is -4.83. The highest BCUT2D eigenvalue weighted by atomic mass is 16.8.